The fraction of sp³-hybridized carbons (Fsp3) is 0.600. The summed E-state index contributed by atoms with van der Waals surface area (Å²) in [5, 5.41) is 0. The van der Waals surface area contributed by atoms with Gasteiger partial charge in [0.15, 0.2) is 12.6 Å². The molecular weight excluding hydrogens is 417 g/mol. The van der Waals surface area contributed by atoms with Crippen LogP contribution in [-0.4, -0.2) is 42.0 Å². The Labute approximate surface area is 152 Å². The number of alkyl halides is 2. The van der Waals surface area contributed by atoms with Crippen LogP contribution in [0, 0.1) is 5.92 Å². The van der Waals surface area contributed by atoms with Gasteiger partial charge in [-0.25, -0.2) is 18.8 Å². The number of piperidine rings is 1. The molecule has 0 amide bonds. The third-order valence-corrected chi connectivity index (χ3v) is 3.59. The molecule has 0 spiro atoms. The molecule has 1 unspecified atom stereocenters. The topological polar surface area (TPSA) is 63.7 Å². The van der Waals surface area contributed by atoms with E-state index in [9.17, 15) is 8.78 Å². The Balaban J connectivity index is 0.00000264. The zero-order valence-electron chi connectivity index (χ0n) is 13.1. The highest BCUT2D eigenvalue weighted by atomic mass is 127. The maximum atomic E-state index is 12.2. The van der Waals surface area contributed by atoms with E-state index in [2.05, 4.69) is 21.8 Å². The smallest absolute Gasteiger partial charge is 0.272 e. The van der Waals surface area contributed by atoms with Gasteiger partial charge >= 0.3 is 0 Å². The van der Waals surface area contributed by atoms with Gasteiger partial charge in [0.2, 0.25) is 5.88 Å². The van der Waals surface area contributed by atoms with E-state index in [-0.39, 0.29) is 36.4 Å². The van der Waals surface area contributed by atoms with Crippen molar-refractivity contribution in [2.24, 2.45) is 16.6 Å². The monoisotopic (exact) mass is 440 g/mol. The van der Waals surface area contributed by atoms with Gasteiger partial charge in [0.1, 0.15) is 0 Å². The van der Waals surface area contributed by atoms with Gasteiger partial charge in [-0.2, -0.15) is 0 Å². The molecule has 130 valence electrons. The molecule has 0 aromatic carbocycles. The minimum atomic E-state index is -2.53. The number of guanidine groups is 1. The molecule has 1 fully saturated rings. The van der Waals surface area contributed by atoms with Crippen LogP contribution in [0.2, 0.25) is 0 Å². The minimum Gasteiger partial charge on any atom is -0.471 e. The first kappa shape index (κ1) is 19.9. The van der Waals surface area contributed by atoms with E-state index in [0.717, 1.165) is 19.5 Å². The molecule has 0 bridgehead atoms. The number of nitrogens with zero attached hydrogens (tertiary/aromatic N) is 3. The van der Waals surface area contributed by atoms with Gasteiger partial charge in [-0.1, -0.05) is 13.0 Å². The third kappa shape index (κ3) is 6.44. The standard InChI is InChI=1S/C15H22F2N4O.HI/c1-11-4-3-7-21(9-11)15(18)20-8-12-5-2-6-19-14(12)22-10-13(16)17;/h2,5-6,11,13H,3-4,7-10H2,1H3,(H2,18,20);1H. The highest BCUT2D eigenvalue weighted by Gasteiger charge is 2.17. The average Bonchev–Trinajstić information content (AvgIpc) is 2.51. The second kappa shape index (κ2) is 9.84. The summed E-state index contributed by atoms with van der Waals surface area (Å²) in [5.74, 6) is 1.27. The lowest BCUT2D eigenvalue weighted by Gasteiger charge is -2.31. The van der Waals surface area contributed by atoms with Crippen molar-refractivity contribution in [1.82, 2.24) is 9.88 Å². The van der Waals surface area contributed by atoms with Gasteiger partial charge in [-0.15, -0.1) is 24.0 Å². The van der Waals surface area contributed by atoms with Crippen LogP contribution in [0.5, 0.6) is 5.88 Å². The molecule has 0 aliphatic carbocycles. The molecule has 23 heavy (non-hydrogen) atoms. The van der Waals surface area contributed by atoms with Gasteiger partial charge < -0.3 is 15.4 Å². The molecule has 1 aliphatic rings. The quantitative estimate of drug-likeness (QED) is 0.435. The zero-order chi connectivity index (χ0) is 15.9. The SMILES string of the molecule is CC1CCCN(C(N)=NCc2cccnc2OCC(F)F)C1.I. The van der Waals surface area contributed by atoms with Crippen molar-refractivity contribution in [2.75, 3.05) is 19.7 Å². The first-order valence-electron chi connectivity index (χ1n) is 7.46. The van der Waals surface area contributed by atoms with Crippen molar-refractivity contribution >= 4 is 29.9 Å². The zero-order valence-corrected chi connectivity index (χ0v) is 15.5. The first-order valence-corrected chi connectivity index (χ1v) is 7.46. The first-order chi connectivity index (χ1) is 10.6. The number of hydrogen-bond donors (Lipinski definition) is 1. The molecular formula is C15H23F2IN4O. The van der Waals surface area contributed by atoms with Crippen molar-refractivity contribution in [3.63, 3.8) is 0 Å². The largest absolute Gasteiger partial charge is 0.471 e. The predicted octanol–water partition coefficient (Wildman–Crippen LogP) is 2.89. The molecule has 2 heterocycles. The van der Waals surface area contributed by atoms with Crippen molar-refractivity contribution in [3.8, 4) is 5.88 Å². The van der Waals surface area contributed by atoms with Gasteiger partial charge in [0.05, 0.1) is 6.54 Å². The van der Waals surface area contributed by atoms with E-state index < -0.39 is 13.0 Å². The number of likely N-dealkylation sites (tertiary alicyclic amines) is 1. The Hall–Kier alpha value is -1.19. The minimum absolute atomic E-state index is 0. The molecule has 1 atom stereocenters. The Morgan fingerprint density at radius 2 is 2.35 bits per heavy atom. The van der Waals surface area contributed by atoms with Crippen LogP contribution in [0.15, 0.2) is 23.3 Å². The summed E-state index contributed by atoms with van der Waals surface area (Å²) in [6.45, 7) is 3.59. The maximum Gasteiger partial charge on any atom is 0.272 e. The van der Waals surface area contributed by atoms with Crippen molar-refractivity contribution < 1.29 is 13.5 Å². The Bertz CT molecular complexity index is 516. The summed E-state index contributed by atoms with van der Waals surface area (Å²) in [6.07, 6.45) is 1.28. The lowest BCUT2D eigenvalue weighted by atomic mass is 10.0. The van der Waals surface area contributed by atoms with Crippen LogP contribution in [-0.2, 0) is 6.54 Å². The van der Waals surface area contributed by atoms with Crippen LogP contribution < -0.4 is 10.5 Å². The number of nitrogens with two attached hydrogens (primary N) is 1. The normalized spacial score (nSPS) is 18.7. The molecule has 1 saturated heterocycles. The van der Waals surface area contributed by atoms with E-state index in [1.807, 2.05) is 0 Å². The second-order valence-corrected chi connectivity index (χ2v) is 5.54. The highest BCUT2D eigenvalue weighted by molar-refractivity contribution is 14.0. The summed E-state index contributed by atoms with van der Waals surface area (Å²) in [7, 11) is 0. The summed E-state index contributed by atoms with van der Waals surface area (Å²) < 4.78 is 29.5. The molecule has 2 N–H and O–H groups in total. The number of aliphatic imine (C=N–C) groups is 1. The van der Waals surface area contributed by atoms with Crippen molar-refractivity contribution in [2.45, 2.75) is 32.7 Å². The predicted molar refractivity (Wildman–Crippen MR) is 96.4 cm³/mol. The van der Waals surface area contributed by atoms with Crippen LogP contribution in [0.25, 0.3) is 0 Å². The molecule has 1 aromatic rings. The Morgan fingerprint density at radius 3 is 3.04 bits per heavy atom. The fourth-order valence-corrected chi connectivity index (χ4v) is 2.48. The lowest BCUT2D eigenvalue weighted by Crippen LogP contribution is -2.43. The maximum absolute atomic E-state index is 12.2. The van der Waals surface area contributed by atoms with E-state index >= 15 is 0 Å². The lowest BCUT2D eigenvalue weighted by molar-refractivity contribution is 0.0791. The molecule has 8 heteroatoms. The summed E-state index contributed by atoms with van der Waals surface area (Å²) in [4.78, 5) is 10.4. The van der Waals surface area contributed by atoms with Crippen molar-refractivity contribution in [1.29, 1.82) is 0 Å². The number of pyridine rings is 1. The third-order valence-electron chi connectivity index (χ3n) is 3.59. The van der Waals surface area contributed by atoms with E-state index in [1.165, 1.54) is 12.6 Å². The molecule has 5 nitrogen and oxygen atoms in total. The molecule has 1 aromatic heterocycles. The molecule has 1 aliphatic heterocycles. The Kier molecular flexibility index (Phi) is 8.49. The van der Waals surface area contributed by atoms with E-state index in [4.69, 9.17) is 10.5 Å². The van der Waals surface area contributed by atoms with Crippen LogP contribution in [0.3, 0.4) is 0 Å². The van der Waals surface area contributed by atoms with E-state index in [0.29, 0.717) is 17.4 Å². The van der Waals surface area contributed by atoms with Gasteiger partial charge in [-0.3, -0.25) is 0 Å². The highest BCUT2D eigenvalue weighted by Crippen LogP contribution is 2.18. The number of rotatable bonds is 5. The molecule has 2 rings (SSSR count). The molecule has 0 radical (unpaired) electrons. The fourth-order valence-electron chi connectivity index (χ4n) is 2.48. The van der Waals surface area contributed by atoms with Crippen molar-refractivity contribution in [3.05, 3.63) is 23.9 Å². The van der Waals surface area contributed by atoms with Crippen LogP contribution in [0.1, 0.15) is 25.3 Å². The number of halogens is 3. The van der Waals surface area contributed by atoms with Crippen LogP contribution >= 0.6 is 24.0 Å². The summed E-state index contributed by atoms with van der Waals surface area (Å²) in [6, 6.07) is 3.47. The average molecular weight is 440 g/mol. The molecule has 0 saturated carbocycles. The van der Waals surface area contributed by atoms with Gasteiger partial charge in [-0.05, 0) is 24.8 Å². The number of hydrogen-bond acceptors (Lipinski definition) is 3. The Morgan fingerprint density at radius 1 is 1.57 bits per heavy atom. The summed E-state index contributed by atoms with van der Waals surface area (Å²) >= 11 is 0. The second-order valence-electron chi connectivity index (χ2n) is 5.54. The summed E-state index contributed by atoms with van der Waals surface area (Å²) in [5.41, 5.74) is 6.67. The number of ether oxygens (including phenoxy) is 1. The number of aromatic nitrogens is 1. The van der Waals surface area contributed by atoms with Gasteiger partial charge in [0, 0.05) is 24.8 Å². The van der Waals surface area contributed by atoms with E-state index in [1.54, 1.807) is 12.1 Å². The van der Waals surface area contributed by atoms with Crippen LogP contribution in [0.4, 0.5) is 8.78 Å². The van der Waals surface area contributed by atoms with Gasteiger partial charge in [0.25, 0.3) is 6.43 Å².